The lowest BCUT2D eigenvalue weighted by atomic mass is 10.1. The molecule has 0 bridgehead atoms. The maximum absolute atomic E-state index is 12.9. The highest BCUT2D eigenvalue weighted by Crippen LogP contribution is 2.33. The normalized spacial score (nSPS) is 16.3. The Morgan fingerprint density at radius 1 is 1.15 bits per heavy atom. The first-order valence-electron chi connectivity index (χ1n) is 8.23. The van der Waals surface area contributed by atoms with Gasteiger partial charge in [0.1, 0.15) is 17.3 Å². The Balaban J connectivity index is 1.99. The average Bonchev–Trinajstić information content (AvgIpc) is 3.11. The number of hydrogen-bond donors (Lipinski definition) is 1. The van der Waals surface area contributed by atoms with Crippen molar-refractivity contribution in [2.75, 3.05) is 19.5 Å². The zero-order chi connectivity index (χ0) is 19.1. The summed E-state index contributed by atoms with van der Waals surface area (Å²) in [4.78, 5) is 12.9. The fraction of sp³-hybridized carbons (Fsp3) is 0.444. The van der Waals surface area contributed by atoms with Crippen molar-refractivity contribution in [3.05, 3.63) is 35.0 Å². The smallest absolute Gasteiger partial charge is 0.257 e. The molecule has 0 fully saturated rings. The second-order valence-electron chi connectivity index (χ2n) is 7.14. The van der Waals surface area contributed by atoms with Crippen molar-refractivity contribution in [1.29, 1.82) is 0 Å². The predicted molar refractivity (Wildman–Crippen MR) is 100 cm³/mol. The fourth-order valence-electron chi connectivity index (χ4n) is 2.86. The van der Waals surface area contributed by atoms with Crippen LogP contribution >= 0.6 is 0 Å². The molecule has 1 aromatic carbocycles. The van der Waals surface area contributed by atoms with Gasteiger partial charge in [-0.1, -0.05) is 0 Å². The van der Waals surface area contributed by atoms with Crippen LogP contribution in [0.15, 0.2) is 18.2 Å². The lowest BCUT2D eigenvalue weighted by Gasteiger charge is -2.23. The number of anilines is 1. The summed E-state index contributed by atoms with van der Waals surface area (Å²) >= 11 is 0. The van der Waals surface area contributed by atoms with E-state index in [1.165, 1.54) is 14.2 Å². The molecule has 1 N–H and O–H groups in total. The van der Waals surface area contributed by atoms with E-state index >= 15 is 0 Å². The number of benzene rings is 1. The van der Waals surface area contributed by atoms with Crippen LogP contribution in [0.4, 0.5) is 5.82 Å². The van der Waals surface area contributed by atoms with Gasteiger partial charge in [-0.15, -0.1) is 0 Å². The van der Waals surface area contributed by atoms with Gasteiger partial charge >= 0.3 is 0 Å². The summed E-state index contributed by atoms with van der Waals surface area (Å²) in [6.07, 6.45) is 0. The minimum absolute atomic E-state index is 0.298. The van der Waals surface area contributed by atoms with Crippen LogP contribution in [-0.2, 0) is 27.8 Å². The molecule has 0 radical (unpaired) electrons. The molecule has 8 heteroatoms. The zero-order valence-corrected chi connectivity index (χ0v) is 16.4. The van der Waals surface area contributed by atoms with Crippen molar-refractivity contribution in [1.82, 2.24) is 9.78 Å². The molecule has 7 nitrogen and oxygen atoms in total. The Bertz CT molecular complexity index is 861. The number of fused-ring (bicyclic) bond motifs is 1. The van der Waals surface area contributed by atoms with E-state index in [4.69, 9.17) is 9.47 Å². The van der Waals surface area contributed by atoms with Crippen LogP contribution in [0.1, 0.15) is 42.4 Å². The number of aromatic nitrogens is 2. The minimum Gasteiger partial charge on any atom is -0.497 e. The number of amides is 1. The second-order valence-corrected chi connectivity index (χ2v) is 8.60. The van der Waals surface area contributed by atoms with Gasteiger partial charge in [-0.3, -0.25) is 9.00 Å². The maximum Gasteiger partial charge on any atom is 0.257 e. The molecule has 1 atom stereocenters. The van der Waals surface area contributed by atoms with Crippen LogP contribution in [0.3, 0.4) is 0 Å². The molecule has 1 unspecified atom stereocenters. The number of hydrogen-bond acceptors (Lipinski definition) is 5. The van der Waals surface area contributed by atoms with Crippen LogP contribution in [0.5, 0.6) is 11.5 Å². The van der Waals surface area contributed by atoms with Crippen molar-refractivity contribution in [3.63, 3.8) is 0 Å². The molecule has 1 aliphatic rings. The summed E-state index contributed by atoms with van der Waals surface area (Å²) < 4.78 is 24.2. The number of methoxy groups -OCH3 is 2. The largest absolute Gasteiger partial charge is 0.497 e. The Kier molecular flexibility index (Phi) is 4.79. The lowest BCUT2D eigenvalue weighted by molar-refractivity contribution is 0.102. The lowest BCUT2D eigenvalue weighted by Crippen LogP contribution is -2.27. The highest BCUT2D eigenvalue weighted by atomic mass is 32.2. The van der Waals surface area contributed by atoms with E-state index in [1.54, 1.807) is 22.9 Å². The third-order valence-corrected chi connectivity index (χ3v) is 5.36. The molecule has 2 aromatic rings. The summed E-state index contributed by atoms with van der Waals surface area (Å²) in [6, 6.07) is 5.00. The van der Waals surface area contributed by atoms with E-state index in [-0.39, 0.29) is 11.4 Å². The number of nitrogens with zero attached hydrogens (tertiary/aromatic N) is 2. The summed E-state index contributed by atoms with van der Waals surface area (Å²) in [6.45, 7) is 6.03. The Labute approximate surface area is 155 Å². The van der Waals surface area contributed by atoms with Crippen LogP contribution < -0.4 is 14.8 Å². The van der Waals surface area contributed by atoms with E-state index in [1.807, 2.05) is 20.8 Å². The number of carbonyl (C=O) groups excluding carboxylic acids is 1. The first kappa shape index (κ1) is 18.4. The van der Waals surface area contributed by atoms with Crippen LogP contribution in [-0.4, -0.2) is 34.1 Å². The monoisotopic (exact) mass is 377 g/mol. The zero-order valence-electron chi connectivity index (χ0n) is 15.6. The molecule has 2 heterocycles. The van der Waals surface area contributed by atoms with Crippen molar-refractivity contribution >= 4 is 22.5 Å². The Hall–Kier alpha value is -2.35. The van der Waals surface area contributed by atoms with Gasteiger partial charge in [-0.2, -0.15) is 5.10 Å². The third-order valence-electron chi connectivity index (χ3n) is 4.15. The van der Waals surface area contributed by atoms with Gasteiger partial charge in [0.15, 0.2) is 0 Å². The summed E-state index contributed by atoms with van der Waals surface area (Å²) in [5.41, 5.74) is 1.73. The predicted octanol–water partition coefficient (Wildman–Crippen LogP) is 2.67. The highest BCUT2D eigenvalue weighted by Gasteiger charge is 2.31. The number of rotatable bonds is 4. The number of carbonyl (C=O) groups is 1. The van der Waals surface area contributed by atoms with Crippen LogP contribution in [0.25, 0.3) is 0 Å². The molecular weight excluding hydrogens is 354 g/mol. The molecule has 1 aliphatic heterocycles. The van der Waals surface area contributed by atoms with Gasteiger partial charge in [0.05, 0.1) is 37.0 Å². The van der Waals surface area contributed by atoms with Crippen LogP contribution in [0.2, 0.25) is 0 Å². The molecule has 1 aromatic heterocycles. The Morgan fingerprint density at radius 2 is 1.77 bits per heavy atom. The van der Waals surface area contributed by atoms with Gasteiger partial charge in [-0.05, 0) is 32.9 Å². The van der Waals surface area contributed by atoms with Gasteiger partial charge in [0.2, 0.25) is 0 Å². The maximum atomic E-state index is 12.9. The minimum atomic E-state index is -0.970. The molecule has 0 saturated heterocycles. The van der Waals surface area contributed by atoms with Gasteiger partial charge in [0.25, 0.3) is 5.91 Å². The van der Waals surface area contributed by atoms with E-state index in [2.05, 4.69) is 10.4 Å². The van der Waals surface area contributed by atoms with Gasteiger partial charge in [0, 0.05) is 28.0 Å². The summed E-state index contributed by atoms with van der Waals surface area (Å²) in [5.74, 6) is 2.20. The molecule has 1 amide bonds. The number of nitrogens with one attached hydrogen (secondary N) is 1. The topological polar surface area (TPSA) is 82.4 Å². The van der Waals surface area contributed by atoms with Crippen molar-refractivity contribution < 1.29 is 18.5 Å². The quantitative estimate of drug-likeness (QED) is 0.886. The van der Waals surface area contributed by atoms with Gasteiger partial charge in [-0.25, -0.2) is 4.68 Å². The molecule has 140 valence electrons. The van der Waals surface area contributed by atoms with Crippen molar-refractivity contribution in [2.24, 2.45) is 0 Å². The van der Waals surface area contributed by atoms with E-state index in [9.17, 15) is 9.00 Å². The molecular formula is C18H23N3O4S. The van der Waals surface area contributed by atoms with E-state index in [0.29, 0.717) is 34.4 Å². The second kappa shape index (κ2) is 6.75. The first-order chi connectivity index (χ1) is 12.2. The highest BCUT2D eigenvalue weighted by molar-refractivity contribution is 7.83. The van der Waals surface area contributed by atoms with Crippen molar-refractivity contribution in [2.45, 2.75) is 37.8 Å². The SMILES string of the molecule is COc1cc(OC)cc(C(=O)Nc2c3c(nn2C(C)(C)C)CS(=O)C3)c1. The van der Waals surface area contributed by atoms with Crippen LogP contribution in [0, 0.1) is 0 Å². The molecule has 26 heavy (non-hydrogen) atoms. The summed E-state index contributed by atoms with van der Waals surface area (Å²) in [7, 11) is 2.10. The standard InChI is InChI=1S/C18H23N3O4S/c1-18(2,3)21-16(14-9-26(23)10-15(14)20-21)19-17(22)11-6-12(24-4)8-13(7-11)25-5/h6-8H,9-10H2,1-5H3,(H,19,22). The summed E-state index contributed by atoms with van der Waals surface area (Å²) in [5, 5.41) is 7.54. The van der Waals surface area contributed by atoms with E-state index in [0.717, 1.165) is 11.3 Å². The van der Waals surface area contributed by atoms with Gasteiger partial charge < -0.3 is 14.8 Å². The third kappa shape index (κ3) is 3.46. The van der Waals surface area contributed by atoms with E-state index < -0.39 is 10.8 Å². The molecule has 0 aliphatic carbocycles. The average molecular weight is 377 g/mol. The Morgan fingerprint density at radius 3 is 2.31 bits per heavy atom. The first-order valence-corrected chi connectivity index (χ1v) is 9.72. The fourth-order valence-corrected chi connectivity index (χ4v) is 4.12. The molecule has 0 saturated carbocycles. The number of ether oxygens (including phenoxy) is 2. The van der Waals surface area contributed by atoms with Crippen molar-refractivity contribution in [3.8, 4) is 11.5 Å². The molecule has 0 spiro atoms. The molecule has 3 rings (SSSR count).